The second kappa shape index (κ2) is 5.43. The third-order valence-electron chi connectivity index (χ3n) is 4.47. The Labute approximate surface area is 122 Å². The molecule has 2 saturated carbocycles. The second-order valence-corrected chi connectivity index (χ2v) is 7.50. The first-order chi connectivity index (χ1) is 9.13. The van der Waals surface area contributed by atoms with Gasteiger partial charge in [-0.2, -0.15) is 0 Å². The third kappa shape index (κ3) is 2.81. The fourth-order valence-electron chi connectivity index (χ4n) is 3.68. The lowest BCUT2D eigenvalue weighted by atomic mass is 9.67. The largest absolute Gasteiger partial charge is 0.348 e. The van der Waals surface area contributed by atoms with Crippen molar-refractivity contribution in [1.82, 2.24) is 5.32 Å². The van der Waals surface area contributed by atoms with Crippen LogP contribution in [0.2, 0.25) is 4.34 Å². The average Bonchev–Trinajstić information content (AvgIpc) is 2.77. The van der Waals surface area contributed by atoms with Crippen LogP contribution in [0, 0.1) is 11.8 Å². The summed E-state index contributed by atoms with van der Waals surface area (Å²) in [6, 6.07) is 4.20. The monoisotopic (exact) mass is 298 g/mol. The molecule has 5 heteroatoms. The summed E-state index contributed by atoms with van der Waals surface area (Å²) in [5.41, 5.74) is 6.10. The maximum absolute atomic E-state index is 12.2. The van der Waals surface area contributed by atoms with E-state index in [1.54, 1.807) is 12.1 Å². The van der Waals surface area contributed by atoms with E-state index in [1.807, 2.05) is 0 Å². The van der Waals surface area contributed by atoms with Gasteiger partial charge in [-0.3, -0.25) is 4.79 Å². The Morgan fingerprint density at radius 1 is 1.32 bits per heavy atom. The highest BCUT2D eigenvalue weighted by molar-refractivity contribution is 7.17. The molecule has 104 valence electrons. The molecular formula is C14H19ClN2OS. The fraction of sp³-hybridized carbons (Fsp3) is 0.643. The van der Waals surface area contributed by atoms with Crippen molar-refractivity contribution >= 4 is 28.8 Å². The summed E-state index contributed by atoms with van der Waals surface area (Å²) in [6.45, 7) is 0. The van der Waals surface area contributed by atoms with Crippen LogP contribution < -0.4 is 11.1 Å². The number of hydrogen-bond donors (Lipinski definition) is 2. The van der Waals surface area contributed by atoms with Crippen molar-refractivity contribution in [2.24, 2.45) is 17.6 Å². The lowest BCUT2D eigenvalue weighted by Crippen LogP contribution is -2.53. The van der Waals surface area contributed by atoms with Gasteiger partial charge in [-0.05, 0) is 49.7 Å². The number of carbonyl (C=O) groups is 1. The summed E-state index contributed by atoms with van der Waals surface area (Å²) in [6.07, 6.45) is 5.76. The standard InChI is InChI=1S/C14H19ClN2OS/c15-12-5-4-11(19-12)14(18)17-13-8-2-1-3-9(13)7-10(16)6-8/h4-5,8-10,13H,1-3,6-7,16H2,(H,17,18). The van der Waals surface area contributed by atoms with Crippen LogP contribution in [0.4, 0.5) is 0 Å². The van der Waals surface area contributed by atoms with E-state index in [0.29, 0.717) is 33.1 Å². The number of halogens is 1. The van der Waals surface area contributed by atoms with Crippen molar-refractivity contribution in [2.75, 3.05) is 0 Å². The number of amides is 1. The van der Waals surface area contributed by atoms with Gasteiger partial charge in [0.2, 0.25) is 0 Å². The molecule has 1 aromatic heterocycles. The molecule has 0 aliphatic heterocycles. The van der Waals surface area contributed by atoms with E-state index in [2.05, 4.69) is 5.32 Å². The van der Waals surface area contributed by atoms with Gasteiger partial charge in [0, 0.05) is 12.1 Å². The molecular weight excluding hydrogens is 280 g/mol. The maximum atomic E-state index is 12.2. The normalized spacial score (nSPS) is 34.0. The van der Waals surface area contributed by atoms with E-state index in [0.717, 1.165) is 12.8 Å². The van der Waals surface area contributed by atoms with Gasteiger partial charge >= 0.3 is 0 Å². The Hall–Kier alpha value is -0.580. The van der Waals surface area contributed by atoms with Gasteiger partial charge in [-0.15, -0.1) is 11.3 Å². The Kier molecular flexibility index (Phi) is 3.83. The molecule has 3 rings (SSSR count). The van der Waals surface area contributed by atoms with Crippen molar-refractivity contribution in [3.05, 3.63) is 21.3 Å². The topological polar surface area (TPSA) is 55.1 Å². The first-order valence-electron chi connectivity index (χ1n) is 6.95. The predicted octanol–water partition coefficient (Wildman–Crippen LogP) is 3.04. The summed E-state index contributed by atoms with van der Waals surface area (Å²) in [5.74, 6) is 1.14. The van der Waals surface area contributed by atoms with Crippen molar-refractivity contribution < 1.29 is 4.79 Å². The molecule has 1 amide bonds. The van der Waals surface area contributed by atoms with Crippen molar-refractivity contribution in [3.63, 3.8) is 0 Å². The zero-order valence-electron chi connectivity index (χ0n) is 10.8. The third-order valence-corrected chi connectivity index (χ3v) is 5.70. The van der Waals surface area contributed by atoms with Gasteiger partial charge in [0.15, 0.2) is 0 Å². The van der Waals surface area contributed by atoms with Crippen LogP contribution in [-0.4, -0.2) is 18.0 Å². The van der Waals surface area contributed by atoms with Crippen LogP contribution in [0.3, 0.4) is 0 Å². The molecule has 2 fully saturated rings. The molecule has 2 unspecified atom stereocenters. The van der Waals surface area contributed by atoms with Crippen molar-refractivity contribution in [1.29, 1.82) is 0 Å². The molecule has 0 aromatic carbocycles. The number of rotatable bonds is 2. The van der Waals surface area contributed by atoms with Crippen molar-refractivity contribution in [2.45, 2.75) is 44.2 Å². The van der Waals surface area contributed by atoms with Crippen LogP contribution in [0.1, 0.15) is 41.8 Å². The summed E-state index contributed by atoms with van der Waals surface area (Å²) in [4.78, 5) is 13.0. The molecule has 0 spiro atoms. The Morgan fingerprint density at radius 3 is 2.58 bits per heavy atom. The van der Waals surface area contributed by atoms with Gasteiger partial charge in [-0.1, -0.05) is 18.0 Å². The molecule has 3 N–H and O–H groups in total. The highest BCUT2D eigenvalue weighted by atomic mass is 35.5. The second-order valence-electron chi connectivity index (χ2n) is 5.79. The number of nitrogens with one attached hydrogen (secondary N) is 1. The SMILES string of the molecule is NC1CC2CCCC(C1)C2NC(=O)c1ccc(Cl)s1. The minimum absolute atomic E-state index is 0.0225. The molecule has 3 nitrogen and oxygen atoms in total. The van der Waals surface area contributed by atoms with Gasteiger partial charge in [0.05, 0.1) is 9.21 Å². The quantitative estimate of drug-likeness (QED) is 0.882. The number of fused-ring (bicyclic) bond motifs is 2. The summed E-state index contributed by atoms with van der Waals surface area (Å²) in [7, 11) is 0. The first kappa shape index (κ1) is 13.4. The van der Waals surface area contributed by atoms with Gasteiger partial charge in [-0.25, -0.2) is 0 Å². The van der Waals surface area contributed by atoms with E-state index in [4.69, 9.17) is 17.3 Å². The van der Waals surface area contributed by atoms with Crippen LogP contribution in [0.25, 0.3) is 0 Å². The zero-order valence-corrected chi connectivity index (χ0v) is 12.3. The highest BCUT2D eigenvalue weighted by Gasteiger charge is 2.40. The van der Waals surface area contributed by atoms with Crippen LogP contribution >= 0.6 is 22.9 Å². The zero-order chi connectivity index (χ0) is 13.4. The van der Waals surface area contributed by atoms with E-state index >= 15 is 0 Å². The number of hydrogen-bond acceptors (Lipinski definition) is 3. The summed E-state index contributed by atoms with van der Waals surface area (Å²) < 4.78 is 0.663. The molecule has 2 aliphatic rings. The maximum Gasteiger partial charge on any atom is 0.261 e. The molecule has 0 radical (unpaired) electrons. The molecule has 1 aromatic rings. The first-order valence-corrected chi connectivity index (χ1v) is 8.14. The van der Waals surface area contributed by atoms with Gasteiger partial charge in [0.1, 0.15) is 0 Å². The molecule has 19 heavy (non-hydrogen) atoms. The molecule has 1 heterocycles. The average molecular weight is 299 g/mol. The molecule has 2 bridgehead atoms. The Balaban J connectivity index is 1.70. The van der Waals surface area contributed by atoms with Crippen LogP contribution in [-0.2, 0) is 0 Å². The van der Waals surface area contributed by atoms with E-state index < -0.39 is 0 Å². The summed E-state index contributed by atoms with van der Waals surface area (Å²) in [5, 5.41) is 3.23. The number of carbonyl (C=O) groups excluding carboxylic acids is 1. The van der Waals surface area contributed by atoms with Crippen LogP contribution in [0.5, 0.6) is 0 Å². The van der Waals surface area contributed by atoms with E-state index in [1.165, 1.54) is 30.6 Å². The Bertz CT molecular complexity index is 462. The van der Waals surface area contributed by atoms with E-state index in [9.17, 15) is 4.79 Å². The molecule has 0 saturated heterocycles. The van der Waals surface area contributed by atoms with Crippen LogP contribution in [0.15, 0.2) is 12.1 Å². The molecule has 2 aliphatic carbocycles. The molecule has 2 atom stereocenters. The lowest BCUT2D eigenvalue weighted by Gasteiger charge is -2.45. The Morgan fingerprint density at radius 2 is 2.00 bits per heavy atom. The van der Waals surface area contributed by atoms with E-state index in [-0.39, 0.29) is 5.91 Å². The minimum atomic E-state index is 0.0225. The summed E-state index contributed by atoms with van der Waals surface area (Å²) >= 11 is 7.23. The minimum Gasteiger partial charge on any atom is -0.348 e. The smallest absolute Gasteiger partial charge is 0.261 e. The van der Waals surface area contributed by atoms with Gasteiger partial charge < -0.3 is 11.1 Å². The van der Waals surface area contributed by atoms with Crippen molar-refractivity contribution in [3.8, 4) is 0 Å². The number of nitrogens with two attached hydrogens (primary N) is 1. The lowest BCUT2D eigenvalue weighted by molar-refractivity contribution is 0.0759. The number of thiophene rings is 1. The highest BCUT2D eigenvalue weighted by Crippen LogP contribution is 2.39. The van der Waals surface area contributed by atoms with Gasteiger partial charge in [0.25, 0.3) is 5.91 Å². The fourth-order valence-corrected chi connectivity index (χ4v) is 4.63. The predicted molar refractivity (Wildman–Crippen MR) is 78.6 cm³/mol.